The van der Waals surface area contributed by atoms with Crippen LogP contribution >= 0.6 is 0 Å². The Labute approximate surface area is 147 Å². The number of rotatable bonds is 12. The molecule has 0 heteroatoms. The van der Waals surface area contributed by atoms with E-state index in [0.717, 1.165) is 0 Å². The maximum absolute atomic E-state index is 4.09. The standard InChI is InChI=1S/C23H42/c1-9-21(10-2)14-12-16-22(17-18-23(6,7)8)15-11-13-20(5)19(3)4/h9,17,20-21H,1,3,10-16,18H2,2,4-8H3. The van der Waals surface area contributed by atoms with Crippen molar-refractivity contribution < 1.29 is 0 Å². The second kappa shape index (κ2) is 11.7. The van der Waals surface area contributed by atoms with Crippen LogP contribution < -0.4 is 0 Å². The van der Waals surface area contributed by atoms with Crippen LogP contribution in [0.2, 0.25) is 0 Å². The molecule has 0 aromatic rings. The number of hydrogen-bond acceptors (Lipinski definition) is 0. The van der Waals surface area contributed by atoms with Crippen molar-refractivity contribution in [3.8, 4) is 0 Å². The summed E-state index contributed by atoms with van der Waals surface area (Å²) in [6, 6.07) is 0. The molecule has 0 amide bonds. The first-order valence-corrected chi connectivity index (χ1v) is 9.65. The topological polar surface area (TPSA) is 0 Å². The van der Waals surface area contributed by atoms with Crippen LogP contribution in [0.3, 0.4) is 0 Å². The van der Waals surface area contributed by atoms with E-state index in [1.54, 1.807) is 5.57 Å². The molecule has 0 aromatic carbocycles. The fourth-order valence-electron chi connectivity index (χ4n) is 2.74. The third kappa shape index (κ3) is 12.3. The molecule has 0 aromatic heterocycles. The summed E-state index contributed by atoms with van der Waals surface area (Å²) in [7, 11) is 0. The second-order valence-electron chi connectivity index (χ2n) is 8.56. The zero-order chi connectivity index (χ0) is 17.9. The first-order valence-electron chi connectivity index (χ1n) is 9.65. The monoisotopic (exact) mass is 318 g/mol. The van der Waals surface area contributed by atoms with E-state index in [9.17, 15) is 0 Å². The van der Waals surface area contributed by atoms with Crippen molar-refractivity contribution >= 4 is 0 Å². The van der Waals surface area contributed by atoms with Gasteiger partial charge in [-0.2, -0.15) is 0 Å². The van der Waals surface area contributed by atoms with E-state index in [4.69, 9.17) is 0 Å². The SMILES string of the molecule is C=CC(CC)CCCC(=CCC(C)(C)C)CCCC(C)C(=C)C. The Morgan fingerprint density at radius 2 is 1.65 bits per heavy atom. The Morgan fingerprint density at radius 1 is 1.09 bits per heavy atom. The Morgan fingerprint density at radius 3 is 2.09 bits per heavy atom. The molecule has 0 bridgehead atoms. The molecule has 0 heterocycles. The van der Waals surface area contributed by atoms with Crippen molar-refractivity contribution in [2.45, 2.75) is 92.9 Å². The van der Waals surface area contributed by atoms with Gasteiger partial charge < -0.3 is 0 Å². The summed E-state index contributed by atoms with van der Waals surface area (Å²) in [4.78, 5) is 0. The van der Waals surface area contributed by atoms with Crippen LogP contribution in [-0.4, -0.2) is 0 Å². The zero-order valence-corrected chi connectivity index (χ0v) is 16.9. The van der Waals surface area contributed by atoms with Gasteiger partial charge in [-0.25, -0.2) is 0 Å². The molecule has 0 aliphatic rings. The lowest BCUT2D eigenvalue weighted by Gasteiger charge is -2.18. The van der Waals surface area contributed by atoms with Gasteiger partial charge >= 0.3 is 0 Å². The minimum absolute atomic E-state index is 0.392. The zero-order valence-electron chi connectivity index (χ0n) is 16.9. The van der Waals surface area contributed by atoms with E-state index >= 15 is 0 Å². The molecular weight excluding hydrogens is 276 g/mol. The van der Waals surface area contributed by atoms with Gasteiger partial charge in [-0.15, -0.1) is 6.58 Å². The lowest BCUT2D eigenvalue weighted by molar-refractivity contribution is 0.417. The Hall–Kier alpha value is -0.780. The van der Waals surface area contributed by atoms with Gasteiger partial charge in [0, 0.05) is 0 Å². The van der Waals surface area contributed by atoms with Crippen LogP contribution in [-0.2, 0) is 0 Å². The summed E-state index contributed by atoms with van der Waals surface area (Å²) in [6.07, 6.45) is 14.8. The molecule has 0 N–H and O–H groups in total. The maximum Gasteiger partial charge on any atom is -0.0237 e. The number of allylic oxidation sites excluding steroid dienone is 4. The van der Waals surface area contributed by atoms with E-state index < -0.39 is 0 Å². The van der Waals surface area contributed by atoms with Crippen molar-refractivity contribution in [3.05, 3.63) is 36.5 Å². The third-order valence-corrected chi connectivity index (χ3v) is 4.91. The highest BCUT2D eigenvalue weighted by atomic mass is 14.2. The first-order chi connectivity index (χ1) is 10.7. The molecule has 2 unspecified atom stereocenters. The molecule has 0 rings (SSSR count). The minimum Gasteiger partial charge on any atom is -0.103 e. The van der Waals surface area contributed by atoms with Gasteiger partial charge in [0.05, 0.1) is 0 Å². The van der Waals surface area contributed by atoms with Crippen LogP contribution in [0.4, 0.5) is 0 Å². The normalized spacial score (nSPS) is 15.3. The van der Waals surface area contributed by atoms with Gasteiger partial charge in [0.15, 0.2) is 0 Å². The molecule has 0 aliphatic heterocycles. The van der Waals surface area contributed by atoms with Gasteiger partial charge in [0.25, 0.3) is 0 Å². The van der Waals surface area contributed by atoms with Crippen LogP contribution in [0.5, 0.6) is 0 Å². The smallest absolute Gasteiger partial charge is 0.0237 e. The van der Waals surface area contributed by atoms with Crippen LogP contribution in [0.15, 0.2) is 36.5 Å². The Bertz CT molecular complexity index is 354. The maximum atomic E-state index is 4.09. The van der Waals surface area contributed by atoms with Crippen LogP contribution in [0.1, 0.15) is 92.9 Å². The quantitative estimate of drug-likeness (QED) is 0.319. The molecule has 2 atom stereocenters. The molecule has 134 valence electrons. The van der Waals surface area contributed by atoms with Crippen molar-refractivity contribution in [1.82, 2.24) is 0 Å². The highest BCUT2D eigenvalue weighted by Crippen LogP contribution is 2.26. The average molecular weight is 319 g/mol. The summed E-state index contributed by atoms with van der Waals surface area (Å²) in [5.41, 5.74) is 3.39. The van der Waals surface area contributed by atoms with E-state index in [2.05, 4.69) is 66.9 Å². The summed E-state index contributed by atoms with van der Waals surface area (Å²) >= 11 is 0. The predicted molar refractivity (Wildman–Crippen MR) is 108 cm³/mol. The average Bonchev–Trinajstić information content (AvgIpc) is 2.47. The van der Waals surface area contributed by atoms with Gasteiger partial charge in [0.2, 0.25) is 0 Å². The lowest BCUT2D eigenvalue weighted by atomic mass is 9.88. The van der Waals surface area contributed by atoms with E-state index in [1.807, 2.05) is 0 Å². The van der Waals surface area contributed by atoms with Gasteiger partial charge in [0.1, 0.15) is 0 Å². The summed E-state index contributed by atoms with van der Waals surface area (Å²) in [5, 5.41) is 0. The van der Waals surface area contributed by atoms with Crippen molar-refractivity contribution in [3.63, 3.8) is 0 Å². The molecule has 0 radical (unpaired) electrons. The van der Waals surface area contributed by atoms with Gasteiger partial charge in [-0.3, -0.25) is 0 Å². The predicted octanol–water partition coefficient (Wildman–Crippen LogP) is 8.11. The molecule has 0 fully saturated rings. The number of hydrogen-bond donors (Lipinski definition) is 0. The largest absolute Gasteiger partial charge is 0.103 e. The fourth-order valence-corrected chi connectivity index (χ4v) is 2.74. The van der Waals surface area contributed by atoms with Crippen molar-refractivity contribution in [2.24, 2.45) is 17.3 Å². The first kappa shape index (κ1) is 22.2. The van der Waals surface area contributed by atoms with Crippen LogP contribution in [0.25, 0.3) is 0 Å². The molecule has 0 aliphatic carbocycles. The molecule has 0 saturated carbocycles. The highest BCUT2D eigenvalue weighted by Gasteiger charge is 2.10. The minimum atomic E-state index is 0.392. The molecule has 0 spiro atoms. The van der Waals surface area contributed by atoms with E-state index in [0.29, 0.717) is 17.3 Å². The second-order valence-corrected chi connectivity index (χ2v) is 8.56. The summed E-state index contributed by atoms with van der Waals surface area (Å²) in [5.74, 6) is 1.35. The van der Waals surface area contributed by atoms with E-state index in [1.165, 1.54) is 56.9 Å². The van der Waals surface area contributed by atoms with Gasteiger partial charge in [-0.1, -0.05) is 64.5 Å². The Balaban J connectivity index is 4.45. The molecule has 0 saturated heterocycles. The lowest BCUT2D eigenvalue weighted by Crippen LogP contribution is -2.03. The van der Waals surface area contributed by atoms with Crippen molar-refractivity contribution in [1.29, 1.82) is 0 Å². The molecular formula is C23H42. The highest BCUT2D eigenvalue weighted by molar-refractivity contribution is 5.04. The van der Waals surface area contributed by atoms with Crippen molar-refractivity contribution in [2.75, 3.05) is 0 Å². The fraction of sp³-hybridized carbons (Fsp3) is 0.739. The Kier molecular flexibility index (Phi) is 11.3. The summed E-state index contributed by atoms with van der Waals surface area (Å²) in [6.45, 7) is 21.8. The molecule has 23 heavy (non-hydrogen) atoms. The summed E-state index contributed by atoms with van der Waals surface area (Å²) < 4.78 is 0. The van der Waals surface area contributed by atoms with Crippen LogP contribution in [0, 0.1) is 17.3 Å². The van der Waals surface area contributed by atoms with E-state index in [-0.39, 0.29) is 0 Å². The third-order valence-electron chi connectivity index (χ3n) is 4.91. The molecule has 0 nitrogen and oxygen atoms in total. The van der Waals surface area contributed by atoms with Gasteiger partial charge in [-0.05, 0) is 75.5 Å².